The van der Waals surface area contributed by atoms with Crippen molar-refractivity contribution in [2.45, 2.75) is 12.5 Å². The van der Waals surface area contributed by atoms with Gasteiger partial charge in [0.25, 0.3) is 0 Å². The standard InChI is InChI=1S/C11H13ClN2OS/c12-9-5-7(11(13)16)1-2-10(9)14-4-3-8(15)6-14/h1-2,5,8,15H,3-4,6H2,(H2,13,16). The number of nitrogens with two attached hydrogens (primary N) is 1. The van der Waals surface area contributed by atoms with Gasteiger partial charge < -0.3 is 15.7 Å². The van der Waals surface area contributed by atoms with Gasteiger partial charge in [-0.05, 0) is 24.6 Å². The van der Waals surface area contributed by atoms with Crippen LogP contribution in [0.2, 0.25) is 5.02 Å². The first-order valence-corrected chi connectivity index (χ1v) is 5.89. The molecule has 1 aliphatic heterocycles. The van der Waals surface area contributed by atoms with Crippen molar-refractivity contribution < 1.29 is 5.11 Å². The van der Waals surface area contributed by atoms with Gasteiger partial charge in [-0.3, -0.25) is 0 Å². The van der Waals surface area contributed by atoms with Gasteiger partial charge in [-0.25, -0.2) is 0 Å². The predicted octanol–water partition coefficient (Wildman–Crippen LogP) is 1.55. The molecule has 86 valence electrons. The Labute approximate surface area is 105 Å². The van der Waals surface area contributed by atoms with E-state index >= 15 is 0 Å². The second-order valence-corrected chi connectivity index (χ2v) is 4.77. The molecule has 1 unspecified atom stereocenters. The fraction of sp³-hybridized carbons (Fsp3) is 0.364. The summed E-state index contributed by atoms with van der Waals surface area (Å²) in [5, 5.41) is 10.1. The van der Waals surface area contributed by atoms with Gasteiger partial charge in [0.05, 0.1) is 16.8 Å². The Morgan fingerprint density at radius 2 is 2.31 bits per heavy atom. The van der Waals surface area contributed by atoms with Crippen molar-refractivity contribution >= 4 is 34.5 Å². The highest BCUT2D eigenvalue weighted by Gasteiger charge is 2.22. The van der Waals surface area contributed by atoms with Crippen LogP contribution in [0.1, 0.15) is 12.0 Å². The highest BCUT2D eigenvalue weighted by Crippen LogP contribution is 2.29. The van der Waals surface area contributed by atoms with Crippen molar-refractivity contribution in [3.8, 4) is 0 Å². The molecule has 0 aliphatic carbocycles. The quantitative estimate of drug-likeness (QED) is 0.789. The van der Waals surface area contributed by atoms with E-state index < -0.39 is 0 Å². The van der Waals surface area contributed by atoms with Crippen molar-refractivity contribution in [1.29, 1.82) is 0 Å². The summed E-state index contributed by atoms with van der Waals surface area (Å²) in [6.45, 7) is 1.46. The Balaban J connectivity index is 2.26. The lowest BCUT2D eigenvalue weighted by Crippen LogP contribution is -2.21. The maximum Gasteiger partial charge on any atom is 0.104 e. The van der Waals surface area contributed by atoms with Crippen LogP contribution < -0.4 is 10.6 Å². The van der Waals surface area contributed by atoms with Crippen molar-refractivity contribution in [3.63, 3.8) is 0 Å². The first kappa shape index (κ1) is 11.6. The molecule has 0 spiro atoms. The molecule has 5 heteroatoms. The van der Waals surface area contributed by atoms with Gasteiger partial charge in [0.15, 0.2) is 0 Å². The number of β-amino-alcohol motifs (C(OH)–C–C–N with tert-alkyl or cyclic N) is 1. The maximum absolute atomic E-state index is 9.47. The molecule has 1 aromatic carbocycles. The summed E-state index contributed by atoms with van der Waals surface area (Å²) in [5.74, 6) is 0. The number of hydrogen-bond donors (Lipinski definition) is 2. The molecule has 0 saturated carbocycles. The molecule has 1 atom stereocenters. The number of nitrogens with zero attached hydrogens (tertiary/aromatic N) is 1. The summed E-state index contributed by atoms with van der Waals surface area (Å²) in [6.07, 6.45) is 0.527. The van der Waals surface area contributed by atoms with Crippen LogP contribution in [-0.4, -0.2) is 29.3 Å². The zero-order valence-electron chi connectivity index (χ0n) is 8.69. The SMILES string of the molecule is NC(=S)c1ccc(N2CCC(O)C2)c(Cl)c1. The minimum absolute atomic E-state index is 0.258. The molecule has 0 aromatic heterocycles. The summed E-state index contributed by atoms with van der Waals surface area (Å²) < 4.78 is 0. The maximum atomic E-state index is 9.47. The molecule has 1 aliphatic rings. The number of anilines is 1. The molecule has 2 rings (SSSR count). The molecule has 3 nitrogen and oxygen atoms in total. The molecule has 1 fully saturated rings. The zero-order valence-corrected chi connectivity index (χ0v) is 10.3. The van der Waals surface area contributed by atoms with E-state index in [1.54, 1.807) is 6.07 Å². The van der Waals surface area contributed by atoms with Crippen LogP contribution >= 0.6 is 23.8 Å². The lowest BCUT2D eigenvalue weighted by atomic mass is 10.2. The van der Waals surface area contributed by atoms with E-state index in [9.17, 15) is 5.11 Å². The largest absolute Gasteiger partial charge is 0.391 e. The third kappa shape index (κ3) is 2.29. The number of aliphatic hydroxyl groups is 1. The fourth-order valence-corrected chi connectivity index (χ4v) is 2.30. The summed E-state index contributed by atoms with van der Waals surface area (Å²) in [4.78, 5) is 2.41. The smallest absolute Gasteiger partial charge is 0.104 e. The van der Waals surface area contributed by atoms with Crippen LogP contribution in [-0.2, 0) is 0 Å². The van der Waals surface area contributed by atoms with Gasteiger partial charge in [-0.2, -0.15) is 0 Å². The number of aliphatic hydroxyl groups excluding tert-OH is 1. The monoisotopic (exact) mass is 256 g/mol. The van der Waals surface area contributed by atoms with Crippen molar-refractivity contribution in [1.82, 2.24) is 0 Å². The summed E-state index contributed by atoms with van der Waals surface area (Å²) in [7, 11) is 0. The predicted molar refractivity (Wildman–Crippen MR) is 70.2 cm³/mol. The first-order chi connectivity index (χ1) is 7.58. The molecule has 3 N–H and O–H groups in total. The average molecular weight is 257 g/mol. The topological polar surface area (TPSA) is 49.5 Å². The van der Waals surface area contributed by atoms with Gasteiger partial charge in [-0.1, -0.05) is 23.8 Å². The van der Waals surface area contributed by atoms with E-state index in [4.69, 9.17) is 29.6 Å². The second-order valence-electron chi connectivity index (χ2n) is 3.92. The average Bonchev–Trinajstić information content (AvgIpc) is 2.64. The zero-order chi connectivity index (χ0) is 11.7. The van der Waals surface area contributed by atoms with Crippen LogP contribution in [0.25, 0.3) is 0 Å². The van der Waals surface area contributed by atoms with Gasteiger partial charge in [-0.15, -0.1) is 0 Å². The van der Waals surface area contributed by atoms with E-state index in [2.05, 4.69) is 4.90 Å². The number of rotatable bonds is 2. The summed E-state index contributed by atoms with van der Waals surface area (Å²) in [6, 6.07) is 5.52. The Kier molecular flexibility index (Phi) is 3.33. The molecule has 0 radical (unpaired) electrons. The third-order valence-electron chi connectivity index (χ3n) is 2.74. The van der Waals surface area contributed by atoms with Gasteiger partial charge >= 0.3 is 0 Å². The second kappa shape index (κ2) is 4.57. The van der Waals surface area contributed by atoms with Crippen LogP contribution in [0.5, 0.6) is 0 Å². The van der Waals surface area contributed by atoms with Crippen molar-refractivity contribution in [2.24, 2.45) is 5.73 Å². The van der Waals surface area contributed by atoms with E-state index in [1.165, 1.54) is 0 Å². The minimum Gasteiger partial charge on any atom is -0.391 e. The molecular formula is C11H13ClN2OS. The molecule has 1 saturated heterocycles. The van der Waals surface area contributed by atoms with Gasteiger partial charge in [0.1, 0.15) is 4.99 Å². The van der Waals surface area contributed by atoms with Crippen LogP contribution in [0.15, 0.2) is 18.2 Å². The lowest BCUT2D eigenvalue weighted by Gasteiger charge is -2.19. The molecule has 0 amide bonds. The Morgan fingerprint density at radius 3 is 2.81 bits per heavy atom. The van der Waals surface area contributed by atoms with Gasteiger partial charge in [0, 0.05) is 18.7 Å². The molecular weight excluding hydrogens is 244 g/mol. The third-order valence-corrected chi connectivity index (χ3v) is 3.27. The Hall–Kier alpha value is -0.840. The number of benzene rings is 1. The van der Waals surface area contributed by atoms with Gasteiger partial charge in [0.2, 0.25) is 0 Å². The number of halogens is 1. The highest BCUT2D eigenvalue weighted by molar-refractivity contribution is 7.80. The lowest BCUT2D eigenvalue weighted by molar-refractivity contribution is 0.198. The minimum atomic E-state index is -0.258. The van der Waals surface area contributed by atoms with Crippen LogP contribution in [0.3, 0.4) is 0 Å². The van der Waals surface area contributed by atoms with E-state index in [-0.39, 0.29) is 6.10 Å². The molecule has 16 heavy (non-hydrogen) atoms. The van der Waals surface area contributed by atoms with Crippen LogP contribution in [0.4, 0.5) is 5.69 Å². The van der Waals surface area contributed by atoms with Crippen molar-refractivity contribution in [2.75, 3.05) is 18.0 Å². The fourth-order valence-electron chi connectivity index (χ4n) is 1.88. The van der Waals surface area contributed by atoms with Crippen LogP contribution in [0, 0.1) is 0 Å². The Morgan fingerprint density at radius 1 is 1.56 bits per heavy atom. The number of hydrogen-bond acceptors (Lipinski definition) is 3. The molecule has 1 heterocycles. The van der Waals surface area contributed by atoms with E-state index in [0.717, 1.165) is 24.2 Å². The summed E-state index contributed by atoms with van der Waals surface area (Å²) >= 11 is 11.0. The summed E-state index contributed by atoms with van der Waals surface area (Å²) in [5.41, 5.74) is 7.22. The number of thiocarbonyl (C=S) groups is 1. The normalized spacial score (nSPS) is 20.1. The Bertz CT molecular complexity index is 424. The molecule has 1 aromatic rings. The highest BCUT2D eigenvalue weighted by atomic mass is 35.5. The van der Waals surface area contributed by atoms with Crippen molar-refractivity contribution in [3.05, 3.63) is 28.8 Å². The van der Waals surface area contributed by atoms with E-state index in [0.29, 0.717) is 16.6 Å². The van der Waals surface area contributed by atoms with E-state index in [1.807, 2.05) is 12.1 Å². The first-order valence-electron chi connectivity index (χ1n) is 5.10. The molecule has 0 bridgehead atoms.